The number of hydrogen-bond acceptors (Lipinski definition) is 3. The van der Waals surface area contributed by atoms with Crippen LogP contribution in [0.2, 0.25) is 0 Å². The molecular formula is C30H30N4Ni+2. The molecule has 0 N–H and O–H groups in total. The minimum absolute atomic E-state index is 0. The summed E-state index contributed by atoms with van der Waals surface area (Å²) in [6.45, 7) is 10.6. The summed E-state index contributed by atoms with van der Waals surface area (Å²) in [6.07, 6.45) is 3.91. The predicted molar refractivity (Wildman–Crippen MR) is 141 cm³/mol. The van der Waals surface area contributed by atoms with Gasteiger partial charge in [0.15, 0.2) is 11.9 Å². The van der Waals surface area contributed by atoms with Crippen LogP contribution in [-0.2, 0) is 16.5 Å². The molecule has 0 aliphatic rings. The molecular weight excluding hydrogens is 475 g/mol. The summed E-state index contributed by atoms with van der Waals surface area (Å²) in [6, 6.07) is 20.9. The van der Waals surface area contributed by atoms with Gasteiger partial charge in [-0.1, -0.05) is 29.8 Å². The van der Waals surface area contributed by atoms with Gasteiger partial charge in [0.05, 0.1) is 11.4 Å². The number of nitrogens with zero attached hydrogens (tertiary/aromatic N) is 4. The molecule has 3 aromatic heterocycles. The Morgan fingerprint density at radius 2 is 1.43 bits per heavy atom. The van der Waals surface area contributed by atoms with Gasteiger partial charge < -0.3 is 7.43 Å². The molecule has 0 spiro atoms. The van der Waals surface area contributed by atoms with Crippen molar-refractivity contribution in [1.29, 1.82) is 0 Å². The van der Waals surface area contributed by atoms with E-state index in [1.54, 1.807) is 0 Å². The second kappa shape index (κ2) is 10.5. The molecule has 4 nitrogen and oxygen atoms in total. The minimum Gasteiger partial charge on any atom is -0.358 e. The maximum Gasteiger partial charge on any atom is 2.00 e. The normalized spacial score (nSPS) is 11.3. The molecule has 178 valence electrons. The number of fused-ring (bicyclic) bond motifs is 3. The van der Waals surface area contributed by atoms with Gasteiger partial charge in [0, 0.05) is 24.4 Å². The smallest absolute Gasteiger partial charge is 0.358 e. The van der Waals surface area contributed by atoms with Crippen LogP contribution in [0.25, 0.3) is 16.6 Å². The fourth-order valence-electron chi connectivity index (χ4n) is 4.65. The van der Waals surface area contributed by atoms with Crippen LogP contribution in [0.4, 0.5) is 5.69 Å². The van der Waals surface area contributed by atoms with E-state index in [0.29, 0.717) is 0 Å². The van der Waals surface area contributed by atoms with Crippen LogP contribution in [0.1, 0.15) is 39.2 Å². The van der Waals surface area contributed by atoms with E-state index in [4.69, 9.17) is 9.98 Å². The Morgan fingerprint density at radius 3 is 2.11 bits per heavy atom. The fourth-order valence-corrected chi connectivity index (χ4v) is 4.65. The van der Waals surface area contributed by atoms with Crippen LogP contribution >= 0.6 is 0 Å². The molecule has 0 radical (unpaired) electrons. The molecule has 0 amide bonds. The molecule has 0 bridgehead atoms. The number of benzene rings is 2. The average Bonchev–Trinajstić information content (AvgIpc) is 2.79. The number of aromatic nitrogens is 3. The summed E-state index contributed by atoms with van der Waals surface area (Å²) in [5, 5.41) is 0. The number of aliphatic imine (C=N–C) groups is 1. The van der Waals surface area contributed by atoms with Gasteiger partial charge in [0.2, 0.25) is 11.0 Å². The van der Waals surface area contributed by atoms with E-state index in [0.717, 1.165) is 56.0 Å². The molecule has 5 rings (SSSR count). The Hall–Kier alpha value is -3.43. The molecule has 0 atom stereocenters. The van der Waals surface area contributed by atoms with E-state index in [-0.39, 0.29) is 23.9 Å². The van der Waals surface area contributed by atoms with E-state index < -0.39 is 0 Å². The van der Waals surface area contributed by atoms with Crippen LogP contribution in [0, 0.1) is 42.0 Å². The van der Waals surface area contributed by atoms with Crippen molar-refractivity contribution in [2.75, 3.05) is 0 Å². The Labute approximate surface area is 217 Å². The largest absolute Gasteiger partial charge is 2.00 e. The Balaban J connectivity index is 0.00000171. The van der Waals surface area contributed by atoms with Crippen LogP contribution in [0.5, 0.6) is 0 Å². The number of rotatable bonds is 3. The molecule has 0 fully saturated rings. The van der Waals surface area contributed by atoms with E-state index in [2.05, 4.69) is 86.6 Å². The molecule has 0 aliphatic carbocycles. The maximum atomic E-state index is 5.22. The van der Waals surface area contributed by atoms with E-state index in [1.807, 2.05) is 30.5 Å². The molecule has 0 aliphatic heterocycles. The number of aryl methyl sites for hydroxylation is 5. The van der Waals surface area contributed by atoms with Crippen LogP contribution < -0.4 is 4.40 Å². The van der Waals surface area contributed by atoms with Crippen molar-refractivity contribution in [3.05, 3.63) is 120 Å². The molecule has 0 saturated carbocycles. The second-order valence-corrected chi connectivity index (χ2v) is 8.79. The van der Waals surface area contributed by atoms with E-state index >= 15 is 0 Å². The molecule has 3 heterocycles. The first-order chi connectivity index (χ1) is 15.9. The average molecular weight is 505 g/mol. The first-order valence-electron chi connectivity index (χ1n) is 11.2. The second-order valence-electron chi connectivity index (χ2n) is 8.79. The summed E-state index contributed by atoms with van der Waals surface area (Å²) in [4.78, 5) is 15.1. The van der Waals surface area contributed by atoms with Crippen molar-refractivity contribution in [2.24, 2.45) is 4.99 Å². The van der Waals surface area contributed by atoms with Gasteiger partial charge in [0.25, 0.3) is 0 Å². The molecule has 0 unspecified atom stereocenters. The Morgan fingerprint density at radius 1 is 0.771 bits per heavy atom. The standard InChI is InChI=1S/C29H27N4.CH3.Ni/c1-18-14-20(3)26(21(4)15-18)31-28(23-10-6-8-12-30-23)29-24-11-7-9-13-33(24)25-17-19(2)16-22(5)27(25)32-29;;/h6-17H,1-5H3;1H3;/q+1;-1;+2. The van der Waals surface area contributed by atoms with Gasteiger partial charge in [-0.05, 0) is 75.1 Å². The van der Waals surface area contributed by atoms with Crippen LogP contribution in [0.3, 0.4) is 0 Å². The summed E-state index contributed by atoms with van der Waals surface area (Å²) in [5.74, 6) is 0. The monoisotopic (exact) mass is 504 g/mol. The van der Waals surface area contributed by atoms with Crippen molar-refractivity contribution < 1.29 is 20.9 Å². The minimum atomic E-state index is 0. The molecule has 0 saturated heterocycles. The third-order valence-electron chi connectivity index (χ3n) is 6.00. The van der Waals surface area contributed by atoms with Gasteiger partial charge in [-0.2, -0.15) is 4.40 Å². The summed E-state index contributed by atoms with van der Waals surface area (Å²) < 4.78 is 2.21. The first kappa shape index (κ1) is 26.2. The van der Waals surface area contributed by atoms with Gasteiger partial charge >= 0.3 is 16.5 Å². The predicted octanol–water partition coefficient (Wildman–Crippen LogP) is 6.53. The zero-order valence-corrected chi connectivity index (χ0v) is 22.0. The third kappa shape index (κ3) is 4.87. The summed E-state index contributed by atoms with van der Waals surface area (Å²) in [5.41, 5.74) is 12.3. The number of hydrogen-bond donors (Lipinski definition) is 0. The first-order valence-corrected chi connectivity index (χ1v) is 11.2. The van der Waals surface area contributed by atoms with Crippen molar-refractivity contribution in [3.8, 4) is 0 Å². The van der Waals surface area contributed by atoms with E-state index in [1.165, 1.54) is 11.1 Å². The van der Waals surface area contributed by atoms with Crippen molar-refractivity contribution in [1.82, 2.24) is 9.97 Å². The number of pyridine rings is 2. The fraction of sp³-hybridized carbons (Fsp3) is 0.167. The quantitative estimate of drug-likeness (QED) is 0.0921. The van der Waals surface area contributed by atoms with Gasteiger partial charge in [-0.3, -0.25) is 4.98 Å². The SMILES string of the molecule is Cc1cc(C)c(N=C(c2ccccn2)c2nc3c(C)cc(C)cc3[n+]3ccccc23)c(C)c1.[CH3-].[Ni+2]. The van der Waals surface area contributed by atoms with Crippen LogP contribution in [-0.4, -0.2) is 15.7 Å². The summed E-state index contributed by atoms with van der Waals surface area (Å²) >= 11 is 0. The Bertz CT molecular complexity index is 1530. The van der Waals surface area contributed by atoms with E-state index in [9.17, 15) is 0 Å². The molecule has 2 aromatic carbocycles. The zero-order chi connectivity index (χ0) is 23.1. The molecule has 35 heavy (non-hydrogen) atoms. The Kier molecular flexibility index (Phi) is 7.82. The zero-order valence-electron chi connectivity index (χ0n) is 21.0. The third-order valence-corrected chi connectivity index (χ3v) is 6.00. The molecule has 5 heteroatoms. The van der Waals surface area contributed by atoms with Gasteiger partial charge in [-0.15, -0.1) is 0 Å². The van der Waals surface area contributed by atoms with Crippen molar-refractivity contribution in [3.63, 3.8) is 0 Å². The molecule has 5 aromatic rings. The van der Waals surface area contributed by atoms with Gasteiger partial charge in [0.1, 0.15) is 11.2 Å². The van der Waals surface area contributed by atoms with Crippen LogP contribution in [0.15, 0.2) is 78.0 Å². The summed E-state index contributed by atoms with van der Waals surface area (Å²) in [7, 11) is 0. The van der Waals surface area contributed by atoms with Gasteiger partial charge in [-0.25, -0.2) is 9.98 Å². The maximum absolute atomic E-state index is 5.22. The van der Waals surface area contributed by atoms with Crippen molar-refractivity contribution >= 4 is 27.9 Å². The topological polar surface area (TPSA) is 42.2 Å². The van der Waals surface area contributed by atoms with Crippen molar-refractivity contribution in [2.45, 2.75) is 34.6 Å².